The molecule has 0 N–H and O–H groups in total. The molecule has 1 unspecified atom stereocenters. The van der Waals surface area contributed by atoms with Crippen molar-refractivity contribution in [2.24, 2.45) is 5.92 Å². The highest BCUT2D eigenvalue weighted by molar-refractivity contribution is 5.48. The van der Waals surface area contributed by atoms with Gasteiger partial charge in [0.05, 0.1) is 0 Å². The third kappa shape index (κ3) is 2.26. The molecule has 3 rings (SSSR count). The summed E-state index contributed by atoms with van der Waals surface area (Å²) in [5.41, 5.74) is 1.33. The summed E-state index contributed by atoms with van der Waals surface area (Å²) in [6.45, 7) is 1.95. The lowest BCUT2D eigenvalue weighted by Gasteiger charge is -2.21. The van der Waals surface area contributed by atoms with E-state index < -0.39 is 0 Å². The van der Waals surface area contributed by atoms with E-state index in [1.54, 1.807) is 0 Å². The Labute approximate surface area is 103 Å². The van der Waals surface area contributed by atoms with Crippen LogP contribution in [0, 0.1) is 5.92 Å². The summed E-state index contributed by atoms with van der Waals surface area (Å²) >= 11 is 0. The van der Waals surface area contributed by atoms with Gasteiger partial charge in [0.15, 0.2) is 11.5 Å². The molecular formula is C15H20O2. The van der Waals surface area contributed by atoms with Crippen LogP contribution in [0.1, 0.15) is 44.6 Å². The predicted molar refractivity (Wildman–Crippen MR) is 67.4 cm³/mol. The molecule has 1 aliphatic heterocycles. The second-order valence-electron chi connectivity index (χ2n) is 5.26. The molecule has 1 heterocycles. The first-order valence-corrected chi connectivity index (χ1v) is 6.78. The number of ether oxygens (including phenoxy) is 2. The fraction of sp³-hybridized carbons (Fsp3) is 0.600. The lowest BCUT2D eigenvalue weighted by Crippen LogP contribution is -2.12. The molecule has 1 saturated carbocycles. The van der Waals surface area contributed by atoms with Gasteiger partial charge in [-0.3, -0.25) is 0 Å². The molecular weight excluding hydrogens is 212 g/mol. The Bertz CT molecular complexity index is 394. The first-order chi connectivity index (χ1) is 8.33. The van der Waals surface area contributed by atoms with Crippen LogP contribution < -0.4 is 9.47 Å². The minimum absolute atomic E-state index is 0.127. The van der Waals surface area contributed by atoms with Crippen molar-refractivity contribution in [3.05, 3.63) is 23.8 Å². The molecule has 1 fully saturated rings. The Morgan fingerprint density at radius 2 is 1.94 bits per heavy atom. The van der Waals surface area contributed by atoms with Crippen LogP contribution >= 0.6 is 0 Å². The minimum Gasteiger partial charge on any atom is -0.451 e. The van der Waals surface area contributed by atoms with Crippen molar-refractivity contribution in [1.82, 2.24) is 0 Å². The highest BCUT2D eigenvalue weighted by atomic mass is 16.7. The maximum Gasteiger partial charge on any atom is 0.238 e. The van der Waals surface area contributed by atoms with Crippen molar-refractivity contribution in [2.75, 3.05) is 0 Å². The van der Waals surface area contributed by atoms with E-state index in [0.717, 1.165) is 23.8 Å². The van der Waals surface area contributed by atoms with E-state index in [0.29, 0.717) is 0 Å². The summed E-state index contributed by atoms with van der Waals surface area (Å²) in [6, 6.07) is 6.27. The van der Waals surface area contributed by atoms with Gasteiger partial charge in [0.1, 0.15) is 0 Å². The first-order valence-electron chi connectivity index (χ1n) is 6.78. The van der Waals surface area contributed by atoms with E-state index in [2.05, 4.69) is 12.1 Å². The fourth-order valence-corrected chi connectivity index (χ4v) is 3.02. The molecule has 0 radical (unpaired) electrons. The number of fused-ring (bicyclic) bond motifs is 1. The molecule has 2 heteroatoms. The number of para-hydroxylation sites is 1. The fourth-order valence-electron chi connectivity index (χ4n) is 3.02. The molecule has 1 atom stereocenters. The van der Waals surface area contributed by atoms with E-state index >= 15 is 0 Å². The lowest BCUT2D eigenvalue weighted by molar-refractivity contribution is 0.0672. The lowest BCUT2D eigenvalue weighted by atomic mass is 9.84. The van der Waals surface area contributed by atoms with Crippen molar-refractivity contribution in [3.8, 4) is 11.5 Å². The maximum absolute atomic E-state index is 5.76. The number of rotatable bonds is 2. The smallest absolute Gasteiger partial charge is 0.238 e. The summed E-state index contributed by atoms with van der Waals surface area (Å²) in [5.74, 6) is 2.76. The normalized spacial score (nSPS) is 23.9. The van der Waals surface area contributed by atoms with Gasteiger partial charge in [-0.15, -0.1) is 0 Å². The van der Waals surface area contributed by atoms with Gasteiger partial charge in [-0.25, -0.2) is 0 Å². The summed E-state index contributed by atoms with van der Waals surface area (Å²) in [4.78, 5) is 0. The third-order valence-corrected chi connectivity index (χ3v) is 3.87. The SMILES string of the molecule is CC1Oc2cccc(CC3CCCCC3)c2O1. The molecule has 0 aromatic heterocycles. The van der Waals surface area contributed by atoms with E-state index in [9.17, 15) is 0 Å². The van der Waals surface area contributed by atoms with Crippen molar-refractivity contribution < 1.29 is 9.47 Å². The third-order valence-electron chi connectivity index (χ3n) is 3.87. The topological polar surface area (TPSA) is 18.5 Å². The Morgan fingerprint density at radius 3 is 2.76 bits per heavy atom. The van der Waals surface area contributed by atoms with Crippen LogP contribution in [-0.4, -0.2) is 6.29 Å². The van der Waals surface area contributed by atoms with Gasteiger partial charge in [-0.2, -0.15) is 0 Å². The van der Waals surface area contributed by atoms with Gasteiger partial charge < -0.3 is 9.47 Å². The summed E-state index contributed by atoms with van der Waals surface area (Å²) in [7, 11) is 0. The average molecular weight is 232 g/mol. The summed E-state index contributed by atoms with van der Waals surface area (Å²) in [6.07, 6.45) is 7.98. The Kier molecular flexibility index (Phi) is 2.96. The average Bonchev–Trinajstić information content (AvgIpc) is 2.72. The quantitative estimate of drug-likeness (QED) is 0.769. The minimum atomic E-state index is -0.127. The summed E-state index contributed by atoms with van der Waals surface area (Å²) < 4.78 is 11.4. The second kappa shape index (κ2) is 4.59. The Morgan fingerprint density at radius 1 is 1.12 bits per heavy atom. The van der Waals surface area contributed by atoms with Crippen LogP contribution in [0.4, 0.5) is 0 Å². The van der Waals surface area contributed by atoms with Crippen LogP contribution in [-0.2, 0) is 6.42 Å². The molecule has 0 bridgehead atoms. The molecule has 2 nitrogen and oxygen atoms in total. The molecule has 92 valence electrons. The largest absolute Gasteiger partial charge is 0.451 e. The van der Waals surface area contributed by atoms with E-state index in [4.69, 9.17) is 9.47 Å². The molecule has 2 aliphatic rings. The molecule has 1 aromatic carbocycles. The highest BCUT2D eigenvalue weighted by Crippen LogP contribution is 2.40. The van der Waals surface area contributed by atoms with Gasteiger partial charge >= 0.3 is 0 Å². The zero-order chi connectivity index (χ0) is 11.7. The van der Waals surface area contributed by atoms with Crippen molar-refractivity contribution in [3.63, 3.8) is 0 Å². The maximum atomic E-state index is 5.76. The van der Waals surface area contributed by atoms with Crippen molar-refractivity contribution in [2.45, 2.75) is 51.7 Å². The van der Waals surface area contributed by atoms with E-state index in [1.807, 2.05) is 13.0 Å². The molecule has 0 amide bonds. The Balaban J connectivity index is 1.77. The Hall–Kier alpha value is -1.18. The number of benzene rings is 1. The van der Waals surface area contributed by atoms with Crippen molar-refractivity contribution in [1.29, 1.82) is 0 Å². The molecule has 17 heavy (non-hydrogen) atoms. The standard InChI is InChI=1S/C15H20O2/c1-11-16-14-9-5-8-13(15(14)17-11)10-12-6-3-2-4-7-12/h5,8-9,11-12H,2-4,6-7,10H2,1H3. The van der Waals surface area contributed by atoms with Crippen LogP contribution in [0.5, 0.6) is 11.5 Å². The molecule has 0 saturated heterocycles. The van der Waals surface area contributed by atoms with E-state index in [1.165, 1.54) is 37.7 Å². The molecule has 1 aromatic rings. The van der Waals surface area contributed by atoms with Gasteiger partial charge in [0.2, 0.25) is 6.29 Å². The first kappa shape index (κ1) is 10.9. The van der Waals surface area contributed by atoms with Gasteiger partial charge in [-0.05, 0) is 24.0 Å². The number of hydrogen-bond donors (Lipinski definition) is 0. The predicted octanol–water partition coefficient (Wildman–Crippen LogP) is 3.93. The van der Waals surface area contributed by atoms with Crippen LogP contribution in [0.25, 0.3) is 0 Å². The molecule has 1 aliphatic carbocycles. The van der Waals surface area contributed by atoms with Gasteiger partial charge in [0.25, 0.3) is 0 Å². The zero-order valence-corrected chi connectivity index (χ0v) is 10.4. The van der Waals surface area contributed by atoms with E-state index in [-0.39, 0.29) is 6.29 Å². The van der Waals surface area contributed by atoms with Gasteiger partial charge in [0, 0.05) is 6.92 Å². The van der Waals surface area contributed by atoms with Crippen LogP contribution in [0.3, 0.4) is 0 Å². The molecule has 0 spiro atoms. The van der Waals surface area contributed by atoms with Crippen molar-refractivity contribution >= 4 is 0 Å². The van der Waals surface area contributed by atoms with Crippen LogP contribution in [0.2, 0.25) is 0 Å². The monoisotopic (exact) mass is 232 g/mol. The number of hydrogen-bond acceptors (Lipinski definition) is 2. The van der Waals surface area contributed by atoms with Crippen LogP contribution in [0.15, 0.2) is 18.2 Å². The highest BCUT2D eigenvalue weighted by Gasteiger charge is 2.24. The van der Waals surface area contributed by atoms with Gasteiger partial charge in [-0.1, -0.05) is 44.2 Å². The summed E-state index contributed by atoms with van der Waals surface area (Å²) in [5, 5.41) is 0. The second-order valence-corrected chi connectivity index (χ2v) is 5.26. The zero-order valence-electron chi connectivity index (χ0n) is 10.4.